The van der Waals surface area contributed by atoms with Crippen LogP contribution >= 0.6 is 0 Å². The van der Waals surface area contributed by atoms with Crippen LogP contribution in [0.15, 0.2) is 0 Å². The summed E-state index contributed by atoms with van der Waals surface area (Å²) in [5.74, 6) is -0.196. The van der Waals surface area contributed by atoms with E-state index in [4.69, 9.17) is 0 Å². The maximum absolute atomic E-state index is 11.8. The van der Waals surface area contributed by atoms with Gasteiger partial charge in [-0.25, -0.2) is 0 Å². The first kappa shape index (κ1) is 11.3. The molecule has 0 radical (unpaired) electrons. The molecule has 82 valence electrons. The third-order valence-electron chi connectivity index (χ3n) is 2.08. The number of hydrogen-bond acceptors (Lipinski definition) is 2. The summed E-state index contributed by atoms with van der Waals surface area (Å²) in [6.45, 7) is 0.428. The zero-order chi connectivity index (χ0) is 10.6. The van der Waals surface area contributed by atoms with Crippen molar-refractivity contribution in [3.8, 4) is 0 Å². The van der Waals surface area contributed by atoms with Crippen LogP contribution in [0.2, 0.25) is 0 Å². The third kappa shape index (κ3) is 3.95. The lowest BCUT2D eigenvalue weighted by molar-refractivity contribution is -0.135. The lowest BCUT2D eigenvalue weighted by Crippen LogP contribution is -2.48. The minimum atomic E-state index is -4.15. The van der Waals surface area contributed by atoms with Gasteiger partial charge in [-0.1, -0.05) is 0 Å². The van der Waals surface area contributed by atoms with E-state index in [-0.39, 0.29) is 12.5 Å². The van der Waals surface area contributed by atoms with Crippen LogP contribution in [0, 0.1) is 0 Å². The lowest BCUT2D eigenvalue weighted by atomic mass is 10.1. The molecule has 0 aliphatic carbocycles. The van der Waals surface area contributed by atoms with Gasteiger partial charge in [0.05, 0.1) is 12.5 Å². The molecule has 0 bridgehead atoms. The monoisotopic (exact) mass is 210 g/mol. The Balaban J connectivity index is 2.20. The number of carbonyl (C=O) groups is 1. The predicted molar refractivity (Wildman–Crippen MR) is 44.7 cm³/mol. The van der Waals surface area contributed by atoms with E-state index in [0.717, 1.165) is 6.42 Å². The number of piperidine rings is 1. The number of halogens is 3. The molecule has 14 heavy (non-hydrogen) atoms. The van der Waals surface area contributed by atoms with Crippen molar-refractivity contribution in [3.05, 3.63) is 0 Å². The van der Waals surface area contributed by atoms with Crippen LogP contribution < -0.4 is 10.6 Å². The molecule has 0 saturated carbocycles. The van der Waals surface area contributed by atoms with Crippen LogP contribution in [0.4, 0.5) is 13.2 Å². The maximum Gasteiger partial charge on any atom is 0.390 e. The summed E-state index contributed by atoms with van der Waals surface area (Å²) in [6.07, 6.45) is -3.62. The van der Waals surface area contributed by atoms with Gasteiger partial charge in [0, 0.05) is 13.1 Å². The highest BCUT2D eigenvalue weighted by atomic mass is 19.4. The predicted octanol–water partition coefficient (Wildman–Crippen LogP) is 0.807. The zero-order valence-electron chi connectivity index (χ0n) is 7.66. The standard InChI is InChI=1S/C8H13F3N2O/c9-8(10,11)3-5-12-6-2-1-4-13-7(6)14/h6,12H,1-5H2,(H,13,14). The van der Waals surface area contributed by atoms with Gasteiger partial charge in [0.2, 0.25) is 5.91 Å². The Kier molecular flexibility index (Phi) is 3.74. The van der Waals surface area contributed by atoms with Crippen molar-refractivity contribution < 1.29 is 18.0 Å². The second-order valence-corrected chi connectivity index (χ2v) is 3.31. The summed E-state index contributed by atoms with van der Waals surface area (Å²) >= 11 is 0. The molecular weight excluding hydrogens is 197 g/mol. The number of hydrogen-bond donors (Lipinski definition) is 2. The summed E-state index contributed by atoms with van der Waals surface area (Å²) in [7, 11) is 0. The molecular formula is C8H13F3N2O. The summed E-state index contributed by atoms with van der Waals surface area (Å²) < 4.78 is 35.3. The van der Waals surface area contributed by atoms with Crippen molar-refractivity contribution in [3.63, 3.8) is 0 Å². The van der Waals surface area contributed by atoms with Crippen LogP contribution in [-0.4, -0.2) is 31.2 Å². The minimum Gasteiger partial charge on any atom is -0.355 e. The smallest absolute Gasteiger partial charge is 0.355 e. The van der Waals surface area contributed by atoms with Crippen molar-refractivity contribution in [1.82, 2.24) is 10.6 Å². The minimum absolute atomic E-state index is 0.193. The Morgan fingerprint density at radius 1 is 1.50 bits per heavy atom. The summed E-state index contributed by atoms with van der Waals surface area (Å²) in [4.78, 5) is 11.1. The van der Waals surface area contributed by atoms with E-state index in [2.05, 4.69) is 10.6 Å². The molecule has 0 aromatic rings. The normalized spacial score (nSPS) is 23.4. The van der Waals surface area contributed by atoms with E-state index >= 15 is 0 Å². The van der Waals surface area contributed by atoms with Gasteiger partial charge in [-0.15, -0.1) is 0 Å². The van der Waals surface area contributed by atoms with Gasteiger partial charge in [0.1, 0.15) is 0 Å². The fourth-order valence-electron chi connectivity index (χ4n) is 1.35. The number of amides is 1. The van der Waals surface area contributed by atoms with E-state index in [0.29, 0.717) is 13.0 Å². The fourth-order valence-corrected chi connectivity index (χ4v) is 1.35. The first-order valence-corrected chi connectivity index (χ1v) is 4.57. The number of carbonyl (C=O) groups excluding carboxylic acids is 1. The molecule has 1 aliphatic rings. The average molecular weight is 210 g/mol. The largest absolute Gasteiger partial charge is 0.390 e. The van der Waals surface area contributed by atoms with E-state index < -0.39 is 18.6 Å². The molecule has 1 saturated heterocycles. The second-order valence-electron chi connectivity index (χ2n) is 3.31. The molecule has 1 heterocycles. The van der Waals surface area contributed by atoms with Crippen molar-refractivity contribution in [2.45, 2.75) is 31.5 Å². The van der Waals surface area contributed by atoms with Gasteiger partial charge in [0.25, 0.3) is 0 Å². The zero-order valence-corrected chi connectivity index (χ0v) is 7.66. The molecule has 0 spiro atoms. The Bertz CT molecular complexity index is 205. The van der Waals surface area contributed by atoms with Crippen LogP contribution in [0.25, 0.3) is 0 Å². The Labute approximate surface area is 80.0 Å². The van der Waals surface area contributed by atoms with E-state index in [1.165, 1.54) is 0 Å². The summed E-state index contributed by atoms with van der Waals surface area (Å²) in [5, 5.41) is 5.19. The van der Waals surface area contributed by atoms with Crippen LogP contribution in [0.5, 0.6) is 0 Å². The van der Waals surface area contributed by atoms with Crippen molar-refractivity contribution in [2.75, 3.05) is 13.1 Å². The van der Waals surface area contributed by atoms with Crippen LogP contribution in [0.3, 0.4) is 0 Å². The van der Waals surface area contributed by atoms with Crippen LogP contribution in [0.1, 0.15) is 19.3 Å². The Morgan fingerprint density at radius 2 is 2.21 bits per heavy atom. The second kappa shape index (κ2) is 4.63. The summed E-state index contributed by atoms with van der Waals surface area (Å²) in [5.41, 5.74) is 0. The highest BCUT2D eigenvalue weighted by Gasteiger charge is 2.28. The van der Waals surface area contributed by atoms with Gasteiger partial charge in [-0.05, 0) is 12.8 Å². The highest BCUT2D eigenvalue weighted by molar-refractivity contribution is 5.82. The van der Waals surface area contributed by atoms with Gasteiger partial charge < -0.3 is 10.6 Å². The molecule has 0 aromatic carbocycles. The van der Waals surface area contributed by atoms with Crippen LogP contribution in [-0.2, 0) is 4.79 Å². The number of rotatable bonds is 3. The van der Waals surface area contributed by atoms with E-state index in [1.807, 2.05) is 0 Å². The number of nitrogens with one attached hydrogen (secondary N) is 2. The maximum atomic E-state index is 11.8. The van der Waals surface area contributed by atoms with Gasteiger partial charge in [0.15, 0.2) is 0 Å². The topological polar surface area (TPSA) is 41.1 Å². The molecule has 6 heteroatoms. The molecule has 1 aliphatic heterocycles. The highest BCUT2D eigenvalue weighted by Crippen LogP contribution is 2.18. The first-order valence-electron chi connectivity index (χ1n) is 4.57. The Morgan fingerprint density at radius 3 is 2.79 bits per heavy atom. The number of alkyl halides is 3. The van der Waals surface area contributed by atoms with Gasteiger partial charge in [-0.2, -0.15) is 13.2 Å². The van der Waals surface area contributed by atoms with Crippen molar-refractivity contribution >= 4 is 5.91 Å². The average Bonchev–Trinajstić information content (AvgIpc) is 2.06. The molecule has 3 nitrogen and oxygen atoms in total. The molecule has 1 atom stereocenters. The molecule has 1 rings (SSSR count). The molecule has 2 N–H and O–H groups in total. The summed E-state index contributed by atoms with van der Waals surface area (Å²) in [6, 6.07) is -0.453. The van der Waals surface area contributed by atoms with Crippen molar-refractivity contribution in [1.29, 1.82) is 0 Å². The first-order chi connectivity index (χ1) is 6.49. The van der Waals surface area contributed by atoms with E-state index in [1.54, 1.807) is 0 Å². The third-order valence-corrected chi connectivity index (χ3v) is 2.08. The van der Waals surface area contributed by atoms with E-state index in [9.17, 15) is 18.0 Å². The molecule has 1 fully saturated rings. The molecule has 1 amide bonds. The van der Waals surface area contributed by atoms with Crippen molar-refractivity contribution in [2.24, 2.45) is 0 Å². The van der Waals surface area contributed by atoms with Gasteiger partial charge in [-0.3, -0.25) is 4.79 Å². The SMILES string of the molecule is O=C1NCCCC1NCCC(F)(F)F. The lowest BCUT2D eigenvalue weighted by Gasteiger charge is -2.22. The Hall–Kier alpha value is -0.780. The molecule has 0 aromatic heterocycles. The quantitative estimate of drug-likeness (QED) is 0.723. The van der Waals surface area contributed by atoms with Gasteiger partial charge >= 0.3 is 6.18 Å². The fraction of sp³-hybridized carbons (Fsp3) is 0.875. The molecule has 1 unspecified atom stereocenters.